The first-order chi connectivity index (χ1) is 12.4. The summed E-state index contributed by atoms with van der Waals surface area (Å²) in [5, 5.41) is 0. The molecule has 0 fully saturated rings. The third-order valence-corrected chi connectivity index (χ3v) is 4.22. The Labute approximate surface area is 154 Å². The molecule has 2 aromatic rings. The fourth-order valence-electron chi connectivity index (χ4n) is 2.66. The average molecular weight is 355 g/mol. The summed E-state index contributed by atoms with van der Waals surface area (Å²) in [6, 6.07) is 15.0. The minimum atomic E-state index is -0.410. The van der Waals surface area contributed by atoms with Crippen molar-refractivity contribution in [3.63, 3.8) is 0 Å². The minimum absolute atomic E-state index is 0.135. The van der Waals surface area contributed by atoms with E-state index in [1.165, 1.54) is 7.11 Å². The van der Waals surface area contributed by atoms with E-state index >= 15 is 0 Å². The van der Waals surface area contributed by atoms with Crippen molar-refractivity contribution in [1.82, 2.24) is 4.90 Å². The lowest BCUT2D eigenvalue weighted by Gasteiger charge is -2.25. The molecule has 0 radical (unpaired) electrons. The monoisotopic (exact) mass is 355 g/mol. The summed E-state index contributed by atoms with van der Waals surface area (Å²) in [6.45, 7) is 4.48. The molecule has 2 aromatic carbocycles. The van der Waals surface area contributed by atoms with Crippen LogP contribution < -0.4 is 4.74 Å². The van der Waals surface area contributed by atoms with Crippen molar-refractivity contribution < 1.29 is 19.1 Å². The van der Waals surface area contributed by atoms with Crippen molar-refractivity contribution >= 4 is 11.9 Å². The van der Waals surface area contributed by atoms with Crippen molar-refractivity contribution in [3.8, 4) is 5.75 Å². The largest absolute Gasteiger partial charge is 0.497 e. The second kappa shape index (κ2) is 9.04. The normalized spacial score (nSPS) is 11.5. The van der Waals surface area contributed by atoms with Gasteiger partial charge in [-0.15, -0.1) is 0 Å². The molecule has 5 nitrogen and oxygen atoms in total. The Kier molecular flexibility index (Phi) is 6.78. The molecule has 0 aliphatic heterocycles. The Bertz CT molecular complexity index is 738. The Balaban J connectivity index is 2.23. The lowest BCUT2D eigenvalue weighted by molar-refractivity contribution is -0.145. The molecular weight excluding hydrogens is 330 g/mol. The van der Waals surface area contributed by atoms with Crippen molar-refractivity contribution in [2.75, 3.05) is 20.8 Å². The molecule has 0 aliphatic carbocycles. The van der Waals surface area contributed by atoms with E-state index in [9.17, 15) is 9.59 Å². The maximum atomic E-state index is 13.0. The number of esters is 1. The third kappa shape index (κ3) is 5.09. The van der Waals surface area contributed by atoms with Crippen molar-refractivity contribution in [2.45, 2.75) is 20.4 Å². The topological polar surface area (TPSA) is 55.8 Å². The standard InChI is InChI=1S/C21H25NO4/c1-15-5-7-17(8-6-15)14-22(13-16(2)21(24)26-4)20(23)18-9-11-19(25-3)12-10-18/h5-12,16H,13-14H2,1-4H3. The quantitative estimate of drug-likeness (QED) is 0.714. The summed E-state index contributed by atoms with van der Waals surface area (Å²) in [5.74, 6) is -0.187. The molecule has 2 rings (SSSR count). The van der Waals surface area contributed by atoms with Crippen molar-refractivity contribution in [1.29, 1.82) is 0 Å². The number of amides is 1. The van der Waals surface area contributed by atoms with E-state index in [0.717, 1.165) is 11.1 Å². The number of nitrogens with zero attached hydrogens (tertiary/aromatic N) is 1. The van der Waals surface area contributed by atoms with E-state index in [4.69, 9.17) is 9.47 Å². The van der Waals surface area contributed by atoms with Gasteiger partial charge < -0.3 is 14.4 Å². The number of aryl methyl sites for hydroxylation is 1. The zero-order chi connectivity index (χ0) is 19.1. The number of benzene rings is 2. The van der Waals surface area contributed by atoms with Gasteiger partial charge in [0.1, 0.15) is 5.75 Å². The van der Waals surface area contributed by atoms with Crippen LogP contribution in [0.3, 0.4) is 0 Å². The predicted molar refractivity (Wildman–Crippen MR) is 100 cm³/mol. The number of carbonyl (C=O) groups is 2. The minimum Gasteiger partial charge on any atom is -0.497 e. The Morgan fingerprint density at radius 2 is 1.62 bits per heavy atom. The van der Waals surface area contributed by atoms with E-state index in [0.29, 0.717) is 17.9 Å². The molecule has 0 bridgehead atoms. The van der Waals surface area contributed by atoms with E-state index in [-0.39, 0.29) is 18.4 Å². The molecular formula is C21H25NO4. The highest BCUT2D eigenvalue weighted by Crippen LogP contribution is 2.17. The van der Waals surface area contributed by atoms with Crippen LogP contribution in [0.25, 0.3) is 0 Å². The van der Waals surface area contributed by atoms with Crippen LogP contribution in [0.5, 0.6) is 5.75 Å². The molecule has 0 spiro atoms. The molecule has 0 heterocycles. The highest BCUT2D eigenvalue weighted by atomic mass is 16.5. The van der Waals surface area contributed by atoms with Gasteiger partial charge in [0.25, 0.3) is 5.91 Å². The van der Waals surface area contributed by atoms with Gasteiger partial charge in [-0.3, -0.25) is 9.59 Å². The fraction of sp³-hybridized carbons (Fsp3) is 0.333. The van der Waals surface area contributed by atoms with Crippen LogP contribution in [0.2, 0.25) is 0 Å². The molecule has 1 unspecified atom stereocenters. The zero-order valence-electron chi connectivity index (χ0n) is 15.7. The van der Waals surface area contributed by atoms with Crippen molar-refractivity contribution in [2.24, 2.45) is 5.92 Å². The zero-order valence-corrected chi connectivity index (χ0v) is 15.7. The second-order valence-corrected chi connectivity index (χ2v) is 6.32. The molecule has 0 saturated carbocycles. The van der Waals surface area contributed by atoms with Crippen LogP contribution in [0.1, 0.15) is 28.4 Å². The SMILES string of the molecule is COC(=O)C(C)CN(Cc1ccc(C)cc1)C(=O)c1ccc(OC)cc1. The van der Waals surface area contributed by atoms with Gasteiger partial charge >= 0.3 is 5.97 Å². The molecule has 1 amide bonds. The maximum absolute atomic E-state index is 13.0. The van der Waals surface area contributed by atoms with Crippen LogP contribution >= 0.6 is 0 Å². The smallest absolute Gasteiger partial charge is 0.310 e. The van der Waals surface area contributed by atoms with Crippen LogP contribution in [0, 0.1) is 12.8 Å². The summed E-state index contributed by atoms with van der Waals surface area (Å²) >= 11 is 0. The molecule has 0 saturated heterocycles. The van der Waals surface area contributed by atoms with Crippen LogP contribution in [0.15, 0.2) is 48.5 Å². The summed E-state index contributed by atoms with van der Waals surface area (Å²) in [4.78, 5) is 26.5. The van der Waals surface area contributed by atoms with Gasteiger partial charge in [-0.05, 0) is 36.8 Å². The Hall–Kier alpha value is -2.82. The van der Waals surface area contributed by atoms with Gasteiger partial charge in [0.05, 0.1) is 20.1 Å². The van der Waals surface area contributed by atoms with Gasteiger partial charge in [0.2, 0.25) is 0 Å². The fourth-order valence-corrected chi connectivity index (χ4v) is 2.66. The highest BCUT2D eigenvalue weighted by molar-refractivity contribution is 5.94. The van der Waals surface area contributed by atoms with Gasteiger partial charge in [0, 0.05) is 18.7 Å². The van der Waals surface area contributed by atoms with Crippen LogP contribution in [-0.4, -0.2) is 37.5 Å². The van der Waals surface area contributed by atoms with Gasteiger partial charge in [-0.2, -0.15) is 0 Å². The maximum Gasteiger partial charge on any atom is 0.310 e. The van der Waals surface area contributed by atoms with E-state index < -0.39 is 5.92 Å². The molecule has 0 aromatic heterocycles. The number of ether oxygens (including phenoxy) is 2. The number of rotatable bonds is 7. The first-order valence-electron chi connectivity index (χ1n) is 8.51. The summed E-state index contributed by atoms with van der Waals surface area (Å²) < 4.78 is 9.94. The molecule has 5 heteroatoms. The lowest BCUT2D eigenvalue weighted by atomic mass is 10.1. The lowest BCUT2D eigenvalue weighted by Crippen LogP contribution is -2.36. The average Bonchev–Trinajstić information content (AvgIpc) is 2.67. The van der Waals surface area contributed by atoms with Crippen LogP contribution in [-0.2, 0) is 16.1 Å². The van der Waals surface area contributed by atoms with Gasteiger partial charge in [-0.25, -0.2) is 0 Å². The molecule has 138 valence electrons. The first-order valence-corrected chi connectivity index (χ1v) is 8.51. The first kappa shape index (κ1) is 19.5. The van der Waals surface area contributed by atoms with Crippen LogP contribution in [0.4, 0.5) is 0 Å². The summed E-state index contributed by atoms with van der Waals surface area (Å²) in [5.41, 5.74) is 2.72. The molecule has 1 atom stereocenters. The molecule has 26 heavy (non-hydrogen) atoms. The second-order valence-electron chi connectivity index (χ2n) is 6.32. The van der Waals surface area contributed by atoms with Gasteiger partial charge in [-0.1, -0.05) is 36.8 Å². The Morgan fingerprint density at radius 1 is 1.00 bits per heavy atom. The number of hydrogen-bond donors (Lipinski definition) is 0. The number of hydrogen-bond acceptors (Lipinski definition) is 4. The highest BCUT2D eigenvalue weighted by Gasteiger charge is 2.23. The summed E-state index contributed by atoms with van der Waals surface area (Å²) in [7, 11) is 2.94. The number of methoxy groups -OCH3 is 2. The molecule has 0 aliphatic rings. The summed E-state index contributed by atoms with van der Waals surface area (Å²) in [6.07, 6.45) is 0. The third-order valence-electron chi connectivity index (χ3n) is 4.22. The van der Waals surface area contributed by atoms with E-state index in [2.05, 4.69) is 0 Å². The van der Waals surface area contributed by atoms with E-state index in [1.54, 1.807) is 43.2 Å². The van der Waals surface area contributed by atoms with Gasteiger partial charge in [0.15, 0.2) is 0 Å². The number of carbonyl (C=O) groups excluding carboxylic acids is 2. The molecule has 0 N–H and O–H groups in total. The predicted octanol–water partition coefficient (Wildman–Crippen LogP) is 3.46. The Morgan fingerprint density at radius 3 is 2.15 bits per heavy atom. The van der Waals surface area contributed by atoms with Crippen molar-refractivity contribution in [3.05, 3.63) is 65.2 Å². The van der Waals surface area contributed by atoms with E-state index in [1.807, 2.05) is 31.2 Å².